The normalized spacial score (nSPS) is 10.7. The van der Waals surface area contributed by atoms with E-state index in [1.54, 1.807) is 30.3 Å². The lowest BCUT2D eigenvalue weighted by Crippen LogP contribution is -2.17. The van der Waals surface area contributed by atoms with Crippen molar-refractivity contribution in [3.63, 3.8) is 0 Å². The molecule has 22 heavy (non-hydrogen) atoms. The summed E-state index contributed by atoms with van der Waals surface area (Å²) in [5, 5.41) is 4.54. The van der Waals surface area contributed by atoms with E-state index in [9.17, 15) is 4.79 Å². The number of halogens is 2. The van der Waals surface area contributed by atoms with E-state index in [4.69, 9.17) is 16.3 Å². The number of ether oxygens (including phenoxy) is 1. The Hall–Kier alpha value is -1.60. The fourth-order valence-corrected chi connectivity index (χ4v) is 2.27. The molecule has 0 aliphatic rings. The van der Waals surface area contributed by atoms with Crippen LogP contribution in [-0.4, -0.2) is 18.7 Å². The van der Waals surface area contributed by atoms with Gasteiger partial charge in [-0.3, -0.25) is 4.79 Å². The van der Waals surface area contributed by atoms with Crippen LogP contribution < -0.4 is 10.2 Å². The second-order valence-corrected chi connectivity index (χ2v) is 6.00. The number of carbonyl (C=O) groups is 1. The van der Waals surface area contributed by atoms with Gasteiger partial charge in [-0.05, 0) is 72.0 Å². The zero-order chi connectivity index (χ0) is 15.9. The highest BCUT2D eigenvalue weighted by atomic mass is 127. The first-order valence-electron chi connectivity index (χ1n) is 6.61. The Morgan fingerprint density at radius 1 is 1.32 bits per heavy atom. The van der Waals surface area contributed by atoms with Crippen LogP contribution in [0.3, 0.4) is 0 Å². The Labute approximate surface area is 147 Å². The van der Waals surface area contributed by atoms with Crippen LogP contribution in [0.15, 0.2) is 47.6 Å². The van der Waals surface area contributed by atoms with Crippen LogP contribution in [0.25, 0.3) is 0 Å². The van der Waals surface area contributed by atoms with Gasteiger partial charge >= 0.3 is 0 Å². The van der Waals surface area contributed by atoms with Crippen LogP contribution in [0, 0.1) is 3.57 Å². The highest BCUT2D eigenvalue weighted by Gasteiger charge is 2.05. The Bertz CT molecular complexity index is 687. The van der Waals surface area contributed by atoms with Crippen LogP contribution in [0.1, 0.15) is 22.8 Å². The molecule has 0 atom stereocenters. The van der Waals surface area contributed by atoms with Crippen LogP contribution in [0.5, 0.6) is 5.75 Å². The van der Waals surface area contributed by atoms with Crippen LogP contribution >= 0.6 is 34.2 Å². The molecule has 2 rings (SSSR count). The zero-order valence-electron chi connectivity index (χ0n) is 11.8. The summed E-state index contributed by atoms with van der Waals surface area (Å²) in [4.78, 5) is 11.9. The lowest BCUT2D eigenvalue weighted by atomic mass is 10.2. The maximum Gasteiger partial charge on any atom is 0.271 e. The van der Waals surface area contributed by atoms with Crippen LogP contribution in [0.2, 0.25) is 5.02 Å². The average molecular weight is 429 g/mol. The van der Waals surface area contributed by atoms with Gasteiger partial charge in [-0.15, -0.1) is 0 Å². The standard InChI is InChI=1S/C16H14ClIN2O2/c1-2-22-15-8-5-13(17)9-12(15)10-19-20-16(21)11-3-6-14(18)7-4-11/h3-10H,2H2,1H3,(H,20,21)/b19-10-. The topological polar surface area (TPSA) is 50.7 Å². The van der Waals surface area contributed by atoms with E-state index in [-0.39, 0.29) is 5.91 Å². The minimum atomic E-state index is -0.271. The third-order valence-electron chi connectivity index (χ3n) is 2.75. The quantitative estimate of drug-likeness (QED) is 0.443. The minimum Gasteiger partial charge on any atom is -0.493 e. The molecule has 0 fully saturated rings. The van der Waals surface area contributed by atoms with E-state index >= 15 is 0 Å². The number of amides is 1. The van der Waals surface area contributed by atoms with Crippen molar-refractivity contribution in [1.29, 1.82) is 0 Å². The lowest BCUT2D eigenvalue weighted by molar-refractivity contribution is 0.0955. The number of carbonyl (C=O) groups excluding carboxylic acids is 1. The number of hydrogen-bond donors (Lipinski definition) is 1. The maximum absolute atomic E-state index is 11.9. The zero-order valence-corrected chi connectivity index (χ0v) is 14.8. The Morgan fingerprint density at radius 2 is 2.05 bits per heavy atom. The van der Waals surface area contributed by atoms with E-state index in [1.165, 1.54) is 6.21 Å². The van der Waals surface area contributed by atoms with Gasteiger partial charge in [-0.2, -0.15) is 5.10 Å². The van der Waals surface area contributed by atoms with E-state index in [0.29, 0.717) is 28.5 Å². The molecule has 6 heteroatoms. The summed E-state index contributed by atoms with van der Waals surface area (Å²) in [5.41, 5.74) is 3.74. The van der Waals surface area contributed by atoms with Crippen molar-refractivity contribution in [2.24, 2.45) is 5.10 Å². The van der Waals surface area contributed by atoms with Crippen molar-refractivity contribution >= 4 is 46.3 Å². The van der Waals surface area contributed by atoms with Gasteiger partial charge in [0.1, 0.15) is 5.75 Å². The number of benzene rings is 2. The number of hydrazone groups is 1. The first-order valence-corrected chi connectivity index (χ1v) is 8.07. The van der Waals surface area contributed by atoms with Gasteiger partial charge in [-0.25, -0.2) is 5.43 Å². The summed E-state index contributed by atoms with van der Waals surface area (Å²) in [5.74, 6) is 0.395. The second kappa shape index (κ2) is 8.14. The highest BCUT2D eigenvalue weighted by Crippen LogP contribution is 2.21. The third-order valence-corrected chi connectivity index (χ3v) is 3.70. The van der Waals surface area contributed by atoms with Crippen molar-refractivity contribution in [3.05, 3.63) is 62.2 Å². The minimum absolute atomic E-state index is 0.271. The third kappa shape index (κ3) is 4.71. The molecule has 0 saturated heterocycles. The molecule has 4 nitrogen and oxygen atoms in total. The summed E-state index contributed by atoms with van der Waals surface area (Å²) < 4.78 is 6.55. The lowest BCUT2D eigenvalue weighted by Gasteiger charge is -2.07. The molecule has 0 saturated carbocycles. The van der Waals surface area contributed by atoms with E-state index in [1.807, 2.05) is 19.1 Å². The van der Waals surface area contributed by atoms with Gasteiger partial charge in [0.15, 0.2) is 0 Å². The first kappa shape index (κ1) is 16.8. The summed E-state index contributed by atoms with van der Waals surface area (Å²) in [7, 11) is 0. The summed E-state index contributed by atoms with van der Waals surface area (Å²) >= 11 is 8.15. The molecule has 2 aromatic rings. The molecule has 2 aromatic carbocycles. The predicted molar refractivity (Wildman–Crippen MR) is 96.8 cm³/mol. The molecule has 0 aliphatic carbocycles. The van der Waals surface area contributed by atoms with E-state index in [0.717, 1.165) is 3.57 Å². The SMILES string of the molecule is CCOc1ccc(Cl)cc1/C=N\NC(=O)c1ccc(I)cc1. The molecule has 0 bridgehead atoms. The van der Waals surface area contributed by atoms with Gasteiger partial charge < -0.3 is 4.74 Å². The largest absolute Gasteiger partial charge is 0.493 e. The molecule has 0 radical (unpaired) electrons. The molecule has 0 aromatic heterocycles. The predicted octanol–water partition coefficient (Wildman–Crippen LogP) is 4.11. The number of nitrogens with zero attached hydrogens (tertiary/aromatic N) is 1. The van der Waals surface area contributed by atoms with Gasteiger partial charge in [-0.1, -0.05) is 11.6 Å². The molecular formula is C16H14ClIN2O2. The Morgan fingerprint density at radius 3 is 2.73 bits per heavy atom. The monoisotopic (exact) mass is 428 g/mol. The highest BCUT2D eigenvalue weighted by molar-refractivity contribution is 14.1. The number of rotatable bonds is 5. The average Bonchev–Trinajstić information content (AvgIpc) is 2.50. The van der Waals surface area contributed by atoms with E-state index < -0.39 is 0 Å². The molecule has 114 valence electrons. The van der Waals surface area contributed by atoms with Gasteiger partial charge in [0.05, 0.1) is 12.8 Å². The van der Waals surface area contributed by atoms with Crippen molar-refractivity contribution in [2.45, 2.75) is 6.92 Å². The molecular weight excluding hydrogens is 415 g/mol. The van der Waals surface area contributed by atoms with E-state index in [2.05, 4.69) is 33.1 Å². The fourth-order valence-electron chi connectivity index (χ4n) is 1.73. The molecule has 1 amide bonds. The summed E-state index contributed by atoms with van der Waals surface area (Å²) in [6.45, 7) is 2.44. The molecule has 0 unspecified atom stereocenters. The molecule has 0 heterocycles. The van der Waals surface area contributed by atoms with Crippen molar-refractivity contribution < 1.29 is 9.53 Å². The smallest absolute Gasteiger partial charge is 0.271 e. The number of hydrogen-bond acceptors (Lipinski definition) is 3. The molecule has 0 aliphatic heterocycles. The van der Waals surface area contributed by atoms with Crippen molar-refractivity contribution in [2.75, 3.05) is 6.61 Å². The first-order chi connectivity index (χ1) is 10.6. The second-order valence-electron chi connectivity index (χ2n) is 4.32. The number of nitrogens with one attached hydrogen (secondary N) is 1. The van der Waals surface area contributed by atoms with Crippen molar-refractivity contribution in [1.82, 2.24) is 5.43 Å². The Kier molecular flexibility index (Phi) is 6.21. The van der Waals surface area contributed by atoms with Gasteiger partial charge in [0, 0.05) is 19.7 Å². The Balaban J connectivity index is 2.07. The summed E-state index contributed by atoms with van der Waals surface area (Å²) in [6.07, 6.45) is 1.52. The van der Waals surface area contributed by atoms with Gasteiger partial charge in [0.2, 0.25) is 0 Å². The van der Waals surface area contributed by atoms with Crippen LogP contribution in [0.4, 0.5) is 0 Å². The molecule has 1 N–H and O–H groups in total. The van der Waals surface area contributed by atoms with Crippen LogP contribution in [-0.2, 0) is 0 Å². The van der Waals surface area contributed by atoms with Crippen molar-refractivity contribution in [3.8, 4) is 5.75 Å². The maximum atomic E-state index is 11.9. The molecule has 0 spiro atoms. The summed E-state index contributed by atoms with van der Waals surface area (Å²) in [6, 6.07) is 12.5. The van der Waals surface area contributed by atoms with Gasteiger partial charge in [0.25, 0.3) is 5.91 Å². The fraction of sp³-hybridized carbons (Fsp3) is 0.125.